The van der Waals surface area contributed by atoms with Crippen molar-refractivity contribution in [2.75, 3.05) is 6.61 Å². The number of hydrogen-bond donors (Lipinski definition) is 1. The summed E-state index contributed by atoms with van der Waals surface area (Å²) in [5, 5.41) is 1.17. The van der Waals surface area contributed by atoms with Crippen molar-refractivity contribution in [3.05, 3.63) is 39.5 Å². The Bertz CT molecular complexity index is 908. The van der Waals surface area contributed by atoms with Gasteiger partial charge in [-0.3, -0.25) is 4.79 Å². The molecule has 0 aliphatic carbocycles. The fraction of sp³-hybridized carbons (Fsp3) is 0.333. The van der Waals surface area contributed by atoms with Gasteiger partial charge in [0.25, 0.3) is 10.0 Å². The fourth-order valence-electron chi connectivity index (χ4n) is 2.56. The van der Waals surface area contributed by atoms with E-state index in [1.807, 2.05) is 0 Å². The largest absolute Gasteiger partial charge is 0.492 e. The number of fused-ring (bicyclic) bond motifs is 1. The standard InChI is InChI=1S/C15H15ClN2O4S2/c1-8-15(23-9(2)17-8)24(20,21)18-14(19)11-5-10-6-12(16)3-4-13(10)22-7-11/h3-4,6,11H,5,7H2,1-2H3,(H,18,19). The maximum Gasteiger partial charge on any atom is 0.275 e. The predicted octanol–water partition coefficient (Wildman–Crippen LogP) is 2.47. The van der Waals surface area contributed by atoms with E-state index in [0.717, 1.165) is 16.9 Å². The van der Waals surface area contributed by atoms with E-state index < -0.39 is 21.8 Å². The lowest BCUT2D eigenvalue weighted by molar-refractivity contribution is -0.124. The molecule has 0 bridgehead atoms. The number of carbonyl (C=O) groups excluding carboxylic acids is 1. The van der Waals surface area contributed by atoms with Crippen LogP contribution in [-0.4, -0.2) is 25.9 Å². The molecule has 0 fully saturated rings. The van der Waals surface area contributed by atoms with Crippen LogP contribution < -0.4 is 9.46 Å². The number of sulfonamides is 1. The number of ether oxygens (including phenoxy) is 1. The molecule has 2 heterocycles. The van der Waals surface area contributed by atoms with Gasteiger partial charge >= 0.3 is 0 Å². The molecular weight excluding hydrogens is 372 g/mol. The number of thiazole rings is 1. The van der Waals surface area contributed by atoms with E-state index in [0.29, 0.717) is 27.9 Å². The third kappa shape index (κ3) is 3.40. The maximum absolute atomic E-state index is 12.4. The molecule has 9 heteroatoms. The second-order valence-electron chi connectivity index (χ2n) is 5.54. The number of nitrogens with one attached hydrogen (secondary N) is 1. The summed E-state index contributed by atoms with van der Waals surface area (Å²) >= 11 is 6.99. The van der Waals surface area contributed by atoms with Crippen molar-refractivity contribution in [1.29, 1.82) is 0 Å². The van der Waals surface area contributed by atoms with Crippen molar-refractivity contribution in [2.45, 2.75) is 24.5 Å². The first kappa shape index (κ1) is 17.2. The van der Waals surface area contributed by atoms with Gasteiger partial charge in [-0.1, -0.05) is 11.6 Å². The average molecular weight is 387 g/mol. The van der Waals surface area contributed by atoms with Gasteiger partial charge in [0.05, 0.1) is 16.6 Å². The summed E-state index contributed by atoms with van der Waals surface area (Å²) < 4.78 is 32.5. The van der Waals surface area contributed by atoms with E-state index in [1.165, 1.54) is 0 Å². The van der Waals surface area contributed by atoms with Crippen LogP contribution in [0.15, 0.2) is 22.4 Å². The molecule has 1 aromatic carbocycles. The molecule has 3 rings (SSSR count). The molecule has 2 aromatic rings. The van der Waals surface area contributed by atoms with Crippen molar-refractivity contribution >= 4 is 38.9 Å². The van der Waals surface area contributed by atoms with Crippen LogP contribution >= 0.6 is 22.9 Å². The Hall–Kier alpha value is -1.64. The molecule has 1 unspecified atom stereocenters. The minimum absolute atomic E-state index is 0.0634. The molecular formula is C15H15ClN2O4S2. The molecule has 1 aliphatic rings. The Morgan fingerprint density at radius 2 is 2.17 bits per heavy atom. The van der Waals surface area contributed by atoms with E-state index in [2.05, 4.69) is 9.71 Å². The summed E-state index contributed by atoms with van der Waals surface area (Å²) in [7, 11) is -3.93. The van der Waals surface area contributed by atoms with Gasteiger partial charge in [-0.25, -0.2) is 18.1 Å². The summed E-state index contributed by atoms with van der Waals surface area (Å²) in [6, 6.07) is 5.17. The summed E-state index contributed by atoms with van der Waals surface area (Å²) in [4.78, 5) is 16.5. The number of carbonyl (C=O) groups is 1. The van der Waals surface area contributed by atoms with Gasteiger partial charge in [-0.05, 0) is 44.0 Å². The summed E-state index contributed by atoms with van der Waals surface area (Å²) in [5.41, 5.74) is 1.17. The normalized spacial score (nSPS) is 17.0. The average Bonchev–Trinajstić information content (AvgIpc) is 2.85. The van der Waals surface area contributed by atoms with Gasteiger partial charge in [0.2, 0.25) is 5.91 Å². The first-order valence-electron chi connectivity index (χ1n) is 7.18. The smallest absolute Gasteiger partial charge is 0.275 e. The van der Waals surface area contributed by atoms with Crippen molar-refractivity contribution in [1.82, 2.24) is 9.71 Å². The van der Waals surface area contributed by atoms with E-state index in [-0.39, 0.29) is 10.8 Å². The molecule has 1 atom stereocenters. The Balaban J connectivity index is 1.77. The second kappa shape index (κ2) is 6.34. The van der Waals surface area contributed by atoms with Gasteiger partial charge in [0.15, 0.2) is 4.21 Å². The van der Waals surface area contributed by atoms with Crippen LogP contribution in [0.25, 0.3) is 0 Å². The van der Waals surface area contributed by atoms with Crippen LogP contribution in [0.2, 0.25) is 5.02 Å². The van der Waals surface area contributed by atoms with Crippen LogP contribution in [0.4, 0.5) is 0 Å². The topological polar surface area (TPSA) is 85.4 Å². The van der Waals surface area contributed by atoms with Gasteiger partial charge < -0.3 is 4.74 Å². The molecule has 0 radical (unpaired) electrons. The van der Waals surface area contributed by atoms with Crippen LogP contribution in [-0.2, 0) is 21.2 Å². The van der Waals surface area contributed by atoms with Gasteiger partial charge in [-0.2, -0.15) is 0 Å². The van der Waals surface area contributed by atoms with E-state index in [4.69, 9.17) is 16.3 Å². The van der Waals surface area contributed by atoms with Crippen LogP contribution in [0.3, 0.4) is 0 Å². The first-order valence-corrected chi connectivity index (χ1v) is 9.86. The Kier molecular flexibility index (Phi) is 4.54. The Morgan fingerprint density at radius 3 is 2.83 bits per heavy atom. The minimum atomic E-state index is -3.93. The number of halogens is 1. The lowest BCUT2D eigenvalue weighted by atomic mass is 9.96. The molecule has 1 N–H and O–H groups in total. The zero-order valence-corrected chi connectivity index (χ0v) is 15.4. The fourth-order valence-corrected chi connectivity index (χ4v) is 5.28. The van der Waals surface area contributed by atoms with E-state index in [1.54, 1.807) is 32.0 Å². The number of aryl methyl sites for hydroxylation is 2. The number of amides is 1. The molecule has 1 aromatic heterocycles. The van der Waals surface area contributed by atoms with Crippen LogP contribution in [0.1, 0.15) is 16.3 Å². The number of hydrogen-bond acceptors (Lipinski definition) is 6. The predicted molar refractivity (Wildman–Crippen MR) is 91.1 cm³/mol. The van der Waals surface area contributed by atoms with Crippen molar-refractivity contribution in [3.8, 4) is 5.75 Å². The number of benzene rings is 1. The maximum atomic E-state index is 12.4. The second-order valence-corrected chi connectivity index (χ2v) is 9.06. The van der Waals surface area contributed by atoms with Gasteiger partial charge in [0, 0.05) is 5.02 Å². The Labute approximate surface area is 148 Å². The monoisotopic (exact) mass is 386 g/mol. The molecule has 1 amide bonds. The highest BCUT2D eigenvalue weighted by molar-refractivity contribution is 7.92. The van der Waals surface area contributed by atoms with Crippen LogP contribution in [0.5, 0.6) is 5.75 Å². The molecule has 24 heavy (non-hydrogen) atoms. The molecule has 0 saturated carbocycles. The van der Waals surface area contributed by atoms with Crippen molar-refractivity contribution in [3.63, 3.8) is 0 Å². The third-order valence-electron chi connectivity index (χ3n) is 3.64. The minimum Gasteiger partial charge on any atom is -0.492 e. The zero-order valence-electron chi connectivity index (χ0n) is 13.0. The first-order chi connectivity index (χ1) is 11.3. The molecule has 0 spiro atoms. The quantitative estimate of drug-likeness (QED) is 0.875. The summed E-state index contributed by atoms with van der Waals surface area (Å²) in [6.07, 6.45) is 0.373. The van der Waals surface area contributed by atoms with Gasteiger partial charge in [0.1, 0.15) is 12.4 Å². The van der Waals surface area contributed by atoms with Crippen LogP contribution in [0, 0.1) is 19.8 Å². The Morgan fingerprint density at radius 1 is 1.42 bits per heavy atom. The summed E-state index contributed by atoms with van der Waals surface area (Å²) in [6.45, 7) is 3.44. The molecule has 1 aliphatic heterocycles. The number of aromatic nitrogens is 1. The van der Waals surface area contributed by atoms with E-state index >= 15 is 0 Å². The van der Waals surface area contributed by atoms with Crippen molar-refractivity contribution < 1.29 is 17.9 Å². The lowest BCUT2D eigenvalue weighted by Gasteiger charge is -2.24. The molecule has 0 saturated heterocycles. The molecule has 6 nitrogen and oxygen atoms in total. The highest BCUT2D eigenvalue weighted by atomic mass is 35.5. The number of nitrogens with zero attached hydrogens (tertiary/aromatic N) is 1. The van der Waals surface area contributed by atoms with Gasteiger partial charge in [-0.15, -0.1) is 11.3 Å². The SMILES string of the molecule is Cc1nc(C)c(S(=O)(=O)NC(=O)C2COc3ccc(Cl)cc3C2)s1. The van der Waals surface area contributed by atoms with Crippen molar-refractivity contribution in [2.24, 2.45) is 5.92 Å². The third-order valence-corrected chi connectivity index (χ3v) is 6.90. The number of rotatable bonds is 3. The summed E-state index contributed by atoms with van der Waals surface area (Å²) in [5.74, 6) is -0.522. The lowest BCUT2D eigenvalue weighted by Crippen LogP contribution is -2.40. The highest BCUT2D eigenvalue weighted by Crippen LogP contribution is 2.30. The molecule has 128 valence electrons. The zero-order chi connectivity index (χ0) is 17.5. The highest BCUT2D eigenvalue weighted by Gasteiger charge is 2.31. The van der Waals surface area contributed by atoms with E-state index in [9.17, 15) is 13.2 Å².